The molecular formula is C16H28N4O8S. The van der Waals surface area contributed by atoms with Crippen LogP contribution < -0.4 is 21.7 Å². The lowest BCUT2D eigenvalue weighted by molar-refractivity contribution is -0.143. The summed E-state index contributed by atoms with van der Waals surface area (Å²) in [5.74, 6) is -6.20. The molecule has 12 nitrogen and oxygen atoms in total. The number of aliphatic hydroxyl groups is 1. The van der Waals surface area contributed by atoms with Gasteiger partial charge in [-0.2, -0.15) is 12.6 Å². The zero-order chi connectivity index (χ0) is 22.9. The van der Waals surface area contributed by atoms with Crippen LogP contribution in [0.3, 0.4) is 0 Å². The van der Waals surface area contributed by atoms with Crippen LogP contribution in [0.4, 0.5) is 0 Å². The highest BCUT2D eigenvalue weighted by Crippen LogP contribution is 2.03. The van der Waals surface area contributed by atoms with Crippen LogP contribution in [0.2, 0.25) is 0 Å². The Morgan fingerprint density at radius 1 is 0.897 bits per heavy atom. The van der Waals surface area contributed by atoms with E-state index in [-0.39, 0.29) is 11.7 Å². The monoisotopic (exact) mass is 436 g/mol. The van der Waals surface area contributed by atoms with E-state index < -0.39 is 66.4 Å². The number of carboxylic acid groups (broad SMARTS) is 2. The molecule has 0 saturated carbocycles. The fourth-order valence-corrected chi connectivity index (χ4v) is 2.31. The molecule has 0 rings (SSSR count). The number of carboxylic acids is 2. The second-order valence-electron chi connectivity index (χ2n) is 6.74. The lowest BCUT2D eigenvalue weighted by atomic mass is 10.0. The van der Waals surface area contributed by atoms with Crippen LogP contribution in [-0.4, -0.2) is 81.0 Å². The maximum absolute atomic E-state index is 12.5. The molecule has 0 saturated heterocycles. The van der Waals surface area contributed by atoms with Gasteiger partial charge >= 0.3 is 11.9 Å². The SMILES string of the molecule is CC(C)C(N)C(=O)NC(C(=O)NC(CC(=O)O)C(=O)NC(CS)C(=O)O)C(C)O. The minimum Gasteiger partial charge on any atom is -0.481 e. The van der Waals surface area contributed by atoms with Crippen LogP contribution in [-0.2, 0) is 24.0 Å². The lowest BCUT2D eigenvalue weighted by Crippen LogP contribution is -2.60. The number of nitrogens with one attached hydrogen (secondary N) is 3. The Bertz CT molecular complexity index is 628. The normalized spacial score (nSPS) is 16.1. The molecule has 0 aromatic rings. The van der Waals surface area contributed by atoms with Gasteiger partial charge in [-0.15, -0.1) is 0 Å². The first-order chi connectivity index (χ1) is 13.3. The van der Waals surface area contributed by atoms with E-state index in [4.69, 9.17) is 15.9 Å². The van der Waals surface area contributed by atoms with E-state index in [9.17, 15) is 29.1 Å². The average molecular weight is 436 g/mol. The standard InChI is InChI=1S/C16H28N4O8S/c1-6(2)11(17)14(25)20-12(7(3)21)15(26)18-8(4-10(22)23)13(24)19-9(5-29)16(27)28/h6-9,11-12,21,29H,4-5,17H2,1-3H3,(H,18,26)(H,19,24)(H,20,25)(H,22,23)(H,27,28). The summed E-state index contributed by atoms with van der Waals surface area (Å²) in [4.78, 5) is 58.8. The first kappa shape index (κ1) is 26.6. The summed E-state index contributed by atoms with van der Waals surface area (Å²) in [7, 11) is 0. The highest BCUT2D eigenvalue weighted by Gasteiger charge is 2.33. The molecule has 5 unspecified atom stereocenters. The quantitative estimate of drug-likeness (QED) is 0.149. The molecule has 3 amide bonds. The van der Waals surface area contributed by atoms with Gasteiger partial charge in [-0.05, 0) is 12.8 Å². The van der Waals surface area contributed by atoms with Crippen LogP contribution >= 0.6 is 12.6 Å². The maximum atomic E-state index is 12.5. The van der Waals surface area contributed by atoms with E-state index >= 15 is 0 Å². The Labute approximate surface area is 173 Å². The van der Waals surface area contributed by atoms with Crippen LogP contribution in [0, 0.1) is 5.92 Å². The molecule has 13 heteroatoms. The van der Waals surface area contributed by atoms with E-state index in [1.165, 1.54) is 6.92 Å². The van der Waals surface area contributed by atoms with Crippen molar-refractivity contribution in [2.24, 2.45) is 11.7 Å². The summed E-state index contributed by atoms with van der Waals surface area (Å²) in [5.41, 5.74) is 5.69. The van der Waals surface area contributed by atoms with Gasteiger partial charge in [0.1, 0.15) is 18.1 Å². The van der Waals surface area contributed by atoms with Crippen LogP contribution in [0.15, 0.2) is 0 Å². The molecule has 0 bridgehead atoms. The van der Waals surface area contributed by atoms with Gasteiger partial charge < -0.3 is 37.0 Å². The fourth-order valence-electron chi connectivity index (χ4n) is 2.06. The third kappa shape index (κ3) is 9.11. The molecule has 29 heavy (non-hydrogen) atoms. The molecule has 0 fully saturated rings. The third-order valence-corrected chi connectivity index (χ3v) is 4.26. The number of amides is 3. The molecule has 0 aliphatic heterocycles. The van der Waals surface area contributed by atoms with E-state index in [1.54, 1.807) is 13.8 Å². The van der Waals surface area contributed by atoms with Gasteiger partial charge in [0.2, 0.25) is 17.7 Å². The summed E-state index contributed by atoms with van der Waals surface area (Å²) >= 11 is 3.78. The number of carbonyl (C=O) groups excluding carboxylic acids is 3. The van der Waals surface area contributed by atoms with Gasteiger partial charge in [-0.3, -0.25) is 19.2 Å². The Morgan fingerprint density at radius 3 is 1.79 bits per heavy atom. The van der Waals surface area contributed by atoms with Gasteiger partial charge in [0.15, 0.2) is 0 Å². The molecule has 0 aliphatic carbocycles. The second kappa shape index (κ2) is 12.2. The number of carbonyl (C=O) groups is 5. The van der Waals surface area contributed by atoms with Gasteiger partial charge in [0.25, 0.3) is 0 Å². The van der Waals surface area contributed by atoms with Crippen molar-refractivity contribution in [2.75, 3.05) is 5.75 Å². The smallest absolute Gasteiger partial charge is 0.327 e. The molecule has 5 atom stereocenters. The molecule has 0 radical (unpaired) electrons. The van der Waals surface area contributed by atoms with Crippen LogP contribution in [0.25, 0.3) is 0 Å². The number of rotatable bonds is 12. The van der Waals surface area contributed by atoms with Gasteiger partial charge in [0.05, 0.1) is 18.6 Å². The van der Waals surface area contributed by atoms with Crippen molar-refractivity contribution in [1.29, 1.82) is 0 Å². The van der Waals surface area contributed by atoms with Gasteiger partial charge in [-0.1, -0.05) is 13.8 Å². The summed E-state index contributed by atoms with van der Waals surface area (Å²) in [6, 6.07) is -5.54. The Balaban J connectivity index is 5.38. The summed E-state index contributed by atoms with van der Waals surface area (Å²) < 4.78 is 0. The fraction of sp³-hybridized carbons (Fsp3) is 0.688. The minimum atomic E-state index is -1.65. The molecular weight excluding hydrogens is 408 g/mol. The second-order valence-corrected chi connectivity index (χ2v) is 7.10. The van der Waals surface area contributed by atoms with E-state index in [1.807, 2.05) is 0 Å². The third-order valence-electron chi connectivity index (χ3n) is 3.89. The first-order valence-corrected chi connectivity index (χ1v) is 9.35. The number of aliphatic hydroxyl groups excluding tert-OH is 1. The van der Waals surface area contributed by atoms with E-state index in [0.717, 1.165) is 0 Å². The Kier molecular flexibility index (Phi) is 11.2. The summed E-state index contributed by atoms with van der Waals surface area (Å²) in [6.45, 7) is 4.56. The highest BCUT2D eigenvalue weighted by molar-refractivity contribution is 7.80. The molecule has 166 valence electrons. The van der Waals surface area contributed by atoms with Crippen molar-refractivity contribution in [1.82, 2.24) is 16.0 Å². The van der Waals surface area contributed by atoms with Crippen molar-refractivity contribution in [3.63, 3.8) is 0 Å². The van der Waals surface area contributed by atoms with Crippen LogP contribution in [0.1, 0.15) is 27.2 Å². The topological polar surface area (TPSA) is 208 Å². The molecule has 0 spiro atoms. The number of nitrogens with two attached hydrogens (primary N) is 1. The summed E-state index contributed by atoms with van der Waals surface area (Å²) in [6.07, 6.45) is -2.25. The largest absolute Gasteiger partial charge is 0.481 e. The van der Waals surface area contributed by atoms with Crippen molar-refractivity contribution in [2.45, 2.75) is 57.5 Å². The molecule has 0 aliphatic rings. The molecule has 8 N–H and O–H groups in total. The van der Waals surface area contributed by atoms with E-state index in [0.29, 0.717) is 0 Å². The van der Waals surface area contributed by atoms with Gasteiger partial charge in [-0.25, -0.2) is 4.79 Å². The van der Waals surface area contributed by atoms with Crippen LogP contribution in [0.5, 0.6) is 0 Å². The Hall–Kier alpha value is -2.38. The lowest BCUT2D eigenvalue weighted by Gasteiger charge is -2.26. The highest BCUT2D eigenvalue weighted by atomic mass is 32.1. The number of thiol groups is 1. The average Bonchev–Trinajstić information content (AvgIpc) is 2.61. The van der Waals surface area contributed by atoms with Gasteiger partial charge in [0, 0.05) is 5.75 Å². The first-order valence-electron chi connectivity index (χ1n) is 8.72. The molecule has 0 aromatic carbocycles. The number of hydrogen-bond donors (Lipinski definition) is 8. The minimum absolute atomic E-state index is 0.257. The Morgan fingerprint density at radius 2 is 1.41 bits per heavy atom. The predicted molar refractivity (Wildman–Crippen MR) is 104 cm³/mol. The van der Waals surface area contributed by atoms with Crippen molar-refractivity contribution < 1.29 is 39.3 Å². The zero-order valence-corrected chi connectivity index (χ0v) is 17.2. The number of aliphatic carboxylic acids is 2. The maximum Gasteiger partial charge on any atom is 0.327 e. The molecule has 0 aromatic heterocycles. The molecule has 0 heterocycles. The number of hydrogen-bond acceptors (Lipinski definition) is 8. The van der Waals surface area contributed by atoms with E-state index in [2.05, 4.69) is 28.6 Å². The zero-order valence-electron chi connectivity index (χ0n) is 16.3. The summed E-state index contributed by atoms with van der Waals surface area (Å²) in [5, 5.41) is 34.2. The van der Waals surface area contributed by atoms with Crippen molar-refractivity contribution in [3.05, 3.63) is 0 Å². The van der Waals surface area contributed by atoms with Crippen molar-refractivity contribution in [3.8, 4) is 0 Å². The predicted octanol–water partition coefficient (Wildman–Crippen LogP) is -2.71. The van der Waals surface area contributed by atoms with Crippen molar-refractivity contribution >= 4 is 42.3 Å².